The summed E-state index contributed by atoms with van der Waals surface area (Å²) in [7, 11) is 0. The quantitative estimate of drug-likeness (QED) is 0.798. The van der Waals surface area contributed by atoms with E-state index >= 15 is 0 Å². The number of nitrogens with zero attached hydrogens (tertiary/aromatic N) is 1. The average Bonchev–Trinajstić information content (AvgIpc) is 3.22. The number of aromatic amines is 1. The molecule has 2 aromatic rings. The zero-order chi connectivity index (χ0) is 15.6. The van der Waals surface area contributed by atoms with Gasteiger partial charge in [0.2, 0.25) is 0 Å². The normalized spacial score (nSPS) is 23.5. The van der Waals surface area contributed by atoms with Crippen molar-refractivity contribution in [3.8, 4) is 0 Å². The fourth-order valence-corrected chi connectivity index (χ4v) is 3.36. The van der Waals surface area contributed by atoms with E-state index in [1.54, 1.807) is 0 Å². The largest absolute Gasteiger partial charge is 0.371 e. The van der Waals surface area contributed by atoms with Crippen molar-refractivity contribution in [1.82, 2.24) is 20.8 Å². The van der Waals surface area contributed by atoms with E-state index in [1.165, 1.54) is 0 Å². The summed E-state index contributed by atoms with van der Waals surface area (Å²) >= 11 is 0. The minimum atomic E-state index is -0.123. The van der Waals surface area contributed by atoms with Gasteiger partial charge < -0.3 is 15.4 Å². The van der Waals surface area contributed by atoms with Crippen molar-refractivity contribution >= 4 is 5.91 Å². The molecule has 2 atom stereocenters. The molecule has 6 nitrogen and oxygen atoms in total. The van der Waals surface area contributed by atoms with Gasteiger partial charge in [-0.2, -0.15) is 5.10 Å². The molecule has 0 bridgehead atoms. The van der Waals surface area contributed by atoms with Crippen molar-refractivity contribution < 1.29 is 9.53 Å². The minimum Gasteiger partial charge on any atom is -0.371 e. The number of amides is 1. The summed E-state index contributed by atoms with van der Waals surface area (Å²) < 4.78 is 5.83. The molecular formula is C17H20N4O2. The molecular weight excluding hydrogens is 292 g/mol. The lowest BCUT2D eigenvalue weighted by Crippen LogP contribution is -2.38. The molecule has 1 amide bonds. The van der Waals surface area contributed by atoms with E-state index in [4.69, 9.17) is 4.74 Å². The highest BCUT2D eigenvalue weighted by molar-refractivity contribution is 5.94. The van der Waals surface area contributed by atoms with Crippen LogP contribution in [0.1, 0.15) is 39.8 Å². The topological polar surface area (TPSA) is 79.0 Å². The van der Waals surface area contributed by atoms with Gasteiger partial charge in [0.1, 0.15) is 6.10 Å². The first kappa shape index (κ1) is 14.4. The molecule has 1 aromatic carbocycles. The summed E-state index contributed by atoms with van der Waals surface area (Å²) in [5.41, 5.74) is 3.66. The zero-order valence-electron chi connectivity index (χ0n) is 12.8. The summed E-state index contributed by atoms with van der Waals surface area (Å²) in [6, 6.07) is 10.0. The fourth-order valence-electron chi connectivity index (χ4n) is 3.36. The predicted octanol–water partition coefficient (Wildman–Crippen LogP) is 1.32. The second-order valence-corrected chi connectivity index (χ2v) is 6.03. The Morgan fingerprint density at radius 2 is 2.17 bits per heavy atom. The Balaban J connectivity index is 1.51. The van der Waals surface area contributed by atoms with E-state index < -0.39 is 0 Å². The lowest BCUT2D eigenvalue weighted by Gasteiger charge is -2.20. The van der Waals surface area contributed by atoms with E-state index in [2.05, 4.69) is 20.8 Å². The summed E-state index contributed by atoms with van der Waals surface area (Å²) in [5, 5.41) is 13.6. The summed E-state index contributed by atoms with van der Waals surface area (Å²) in [5.74, 6) is -0.123. The molecule has 23 heavy (non-hydrogen) atoms. The molecule has 120 valence electrons. The highest BCUT2D eigenvalue weighted by Gasteiger charge is 2.32. The number of aromatic nitrogens is 2. The standard InChI is InChI=1S/C17H20N4O2/c22-17(15-12-10-18-8-6-13(12)20-21-15)19-14-7-9-23-16(14)11-4-2-1-3-5-11/h1-5,14,16,18H,6-10H2,(H,19,22)(H,20,21). The third kappa shape index (κ3) is 2.75. The van der Waals surface area contributed by atoms with Crippen LogP contribution in [0.25, 0.3) is 0 Å². The van der Waals surface area contributed by atoms with Crippen LogP contribution in [-0.4, -0.2) is 35.3 Å². The lowest BCUT2D eigenvalue weighted by atomic mass is 10.0. The van der Waals surface area contributed by atoms with Crippen LogP contribution in [0.4, 0.5) is 0 Å². The first-order valence-corrected chi connectivity index (χ1v) is 8.07. The van der Waals surface area contributed by atoms with E-state index in [1.807, 2.05) is 30.3 Å². The molecule has 0 radical (unpaired) electrons. The number of hydrogen-bond acceptors (Lipinski definition) is 4. The number of carbonyl (C=O) groups is 1. The molecule has 0 saturated carbocycles. The number of H-pyrrole nitrogens is 1. The molecule has 3 N–H and O–H groups in total. The van der Waals surface area contributed by atoms with Crippen LogP contribution >= 0.6 is 0 Å². The molecule has 2 unspecified atom stereocenters. The zero-order valence-corrected chi connectivity index (χ0v) is 12.8. The highest BCUT2D eigenvalue weighted by Crippen LogP contribution is 2.29. The maximum absolute atomic E-state index is 12.6. The van der Waals surface area contributed by atoms with Gasteiger partial charge >= 0.3 is 0 Å². The Hall–Kier alpha value is -2.18. The summed E-state index contributed by atoms with van der Waals surface area (Å²) in [4.78, 5) is 12.6. The molecule has 3 heterocycles. The van der Waals surface area contributed by atoms with Crippen molar-refractivity contribution in [2.75, 3.05) is 13.2 Å². The Morgan fingerprint density at radius 3 is 3.04 bits per heavy atom. The maximum Gasteiger partial charge on any atom is 0.272 e. The second kappa shape index (κ2) is 6.14. The van der Waals surface area contributed by atoms with Gasteiger partial charge in [0.05, 0.1) is 6.04 Å². The molecule has 2 aliphatic heterocycles. The molecule has 6 heteroatoms. The molecule has 2 aliphatic rings. The molecule has 0 aliphatic carbocycles. The SMILES string of the molecule is O=C(NC1CCOC1c1ccccc1)c1n[nH]c2c1CNCC2. The van der Waals surface area contributed by atoms with Gasteiger partial charge in [0, 0.05) is 37.4 Å². The van der Waals surface area contributed by atoms with Gasteiger partial charge in [-0.15, -0.1) is 0 Å². The van der Waals surface area contributed by atoms with Gasteiger partial charge in [-0.05, 0) is 12.0 Å². The minimum absolute atomic E-state index is 0.0196. The number of benzene rings is 1. The number of fused-ring (bicyclic) bond motifs is 1. The van der Waals surface area contributed by atoms with Gasteiger partial charge in [-0.3, -0.25) is 9.89 Å². The monoisotopic (exact) mass is 312 g/mol. The van der Waals surface area contributed by atoms with E-state index in [9.17, 15) is 4.79 Å². The van der Waals surface area contributed by atoms with Crippen molar-refractivity contribution in [3.05, 3.63) is 52.8 Å². The first-order chi connectivity index (χ1) is 11.3. The molecule has 1 fully saturated rings. The fraction of sp³-hybridized carbons (Fsp3) is 0.412. The van der Waals surface area contributed by atoms with Gasteiger partial charge in [-0.25, -0.2) is 0 Å². The molecule has 0 spiro atoms. The predicted molar refractivity (Wildman–Crippen MR) is 85.0 cm³/mol. The van der Waals surface area contributed by atoms with Crippen molar-refractivity contribution in [2.24, 2.45) is 0 Å². The number of carbonyl (C=O) groups excluding carboxylic acids is 1. The van der Waals surface area contributed by atoms with Gasteiger partial charge in [0.25, 0.3) is 5.91 Å². The van der Waals surface area contributed by atoms with Crippen LogP contribution in [0.5, 0.6) is 0 Å². The van der Waals surface area contributed by atoms with Crippen molar-refractivity contribution in [3.63, 3.8) is 0 Å². The lowest BCUT2D eigenvalue weighted by molar-refractivity contribution is 0.0817. The Morgan fingerprint density at radius 1 is 1.30 bits per heavy atom. The van der Waals surface area contributed by atoms with Gasteiger partial charge in [0.15, 0.2) is 5.69 Å². The molecule has 1 aromatic heterocycles. The van der Waals surface area contributed by atoms with E-state index in [0.717, 1.165) is 36.2 Å². The summed E-state index contributed by atoms with van der Waals surface area (Å²) in [6.45, 7) is 2.27. The number of rotatable bonds is 3. The molecule has 4 rings (SSSR count). The van der Waals surface area contributed by atoms with Gasteiger partial charge in [-0.1, -0.05) is 30.3 Å². The Kier molecular flexibility index (Phi) is 3.85. The van der Waals surface area contributed by atoms with Crippen LogP contribution in [-0.2, 0) is 17.7 Å². The van der Waals surface area contributed by atoms with Crippen LogP contribution in [0.15, 0.2) is 30.3 Å². The van der Waals surface area contributed by atoms with Crippen LogP contribution in [0.3, 0.4) is 0 Å². The summed E-state index contributed by atoms with van der Waals surface area (Å²) in [6.07, 6.45) is 1.61. The van der Waals surface area contributed by atoms with Crippen molar-refractivity contribution in [2.45, 2.75) is 31.5 Å². The first-order valence-electron chi connectivity index (χ1n) is 8.07. The highest BCUT2D eigenvalue weighted by atomic mass is 16.5. The van der Waals surface area contributed by atoms with Crippen LogP contribution in [0, 0.1) is 0 Å². The number of ether oxygens (including phenoxy) is 1. The third-order valence-corrected chi connectivity index (χ3v) is 4.56. The maximum atomic E-state index is 12.6. The average molecular weight is 312 g/mol. The number of hydrogen-bond donors (Lipinski definition) is 3. The number of nitrogens with one attached hydrogen (secondary N) is 3. The molecule has 1 saturated heterocycles. The second-order valence-electron chi connectivity index (χ2n) is 6.03. The van der Waals surface area contributed by atoms with Crippen molar-refractivity contribution in [1.29, 1.82) is 0 Å². The Bertz CT molecular complexity index is 698. The van der Waals surface area contributed by atoms with E-state index in [-0.39, 0.29) is 18.1 Å². The third-order valence-electron chi connectivity index (χ3n) is 4.56. The Labute approximate surface area is 134 Å². The smallest absolute Gasteiger partial charge is 0.272 e. The van der Waals surface area contributed by atoms with Crippen LogP contribution in [0.2, 0.25) is 0 Å². The van der Waals surface area contributed by atoms with Crippen LogP contribution < -0.4 is 10.6 Å². The van der Waals surface area contributed by atoms with E-state index in [0.29, 0.717) is 18.8 Å².